The third-order valence-corrected chi connectivity index (χ3v) is 3.92. The van der Waals surface area contributed by atoms with E-state index in [9.17, 15) is 14.7 Å². The maximum atomic E-state index is 12.7. The number of ether oxygens (including phenoxy) is 3. The smallest absolute Gasteiger partial charge is 0.411 e. The molecule has 0 radical (unpaired) electrons. The van der Waals surface area contributed by atoms with Crippen molar-refractivity contribution >= 4 is 12.1 Å². The summed E-state index contributed by atoms with van der Waals surface area (Å²) in [5.41, 5.74) is -1.33. The van der Waals surface area contributed by atoms with Gasteiger partial charge in [-0.05, 0) is 48.0 Å². The van der Waals surface area contributed by atoms with Gasteiger partial charge < -0.3 is 19.3 Å². The van der Waals surface area contributed by atoms with Crippen LogP contribution in [-0.4, -0.2) is 64.7 Å². The van der Waals surface area contributed by atoms with E-state index >= 15 is 0 Å². The molecule has 0 aliphatic carbocycles. The zero-order chi connectivity index (χ0) is 18.3. The summed E-state index contributed by atoms with van der Waals surface area (Å²) >= 11 is 0. The van der Waals surface area contributed by atoms with E-state index in [0.29, 0.717) is 13.0 Å². The maximum Gasteiger partial charge on any atom is 0.411 e. The van der Waals surface area contributed by atoms with Crippen LogP contribution < -0.4 is 0 Å². The lowest BCUT2D eigenvalue weighted by molar-refractivity contribution is -0.160. The summed E-state index contributed by atoms with van der Waals surface area (Å²) in [5, 5.41) is 9.69. The second kappa shape index (κ2) is 6.52. The molecule has 1 amide bonds. The van der Waals surface area contributed by atoms with Crippen LogP contribution in [0.5, 0.6) is 0 Å². The van der Waals surface area contributed by atoms with Crippen LogP contribution in [0.25, 0.3) is 0 Å². The number of nitrogens with zero attached hydrogens (tertiary/aromatic N) is 1. The molecule has 138 valence electrons. The first kappa shape index (κ1) is 19.0. The number of esters is 1. The molecule has 2 aliphatic heterocycles. The van der Waals surface area contributed by atoms with Crippen molar-refractivity contribution in [2.45, 2.75) is 77.4 Å². The third-order valence-electron chi connectivity index (χ3n) is 3.92. The lowest BCUT2D eigenvalue weighted by atomic mass is 9.98. The highest BCUT2D eigenvalue weighted by molar-refractivity contribution is 5.83. The van der Waals surface area contributed by atoms with Gasteiger partial charge in [0.2, 0.25) is 0 Å². The Morgan fingerprint density at radius 1 is 1.12 bits per heavy atom. The van der Waals surface area contributed by atoms with Gasteiger partial charge in [-0.1, -0.05) is 0 Å². The number of likely N-dealkylation sites (tertiary alicyclic amines) is 1. The number of amides is 1. The first-order valence-corrected chi connectivity index (χ1v) is 8.39. The van der Waals surface area contributed by atoms with E-state index in [1.807, 2.05) is 0 Å². The van der Waals surface area contributed by atoms with Gasteiger partial charge in [-0.3, -0.25) is 4.90 Å². The fourth-order valence-electron chi connectivity index (χ4n) is 3.04. The summed E-state index contributed by atoms with van der Waals surface area (Å²) in [7, 11) is 0. The number of carbonyl (C=O) groups excluding carboxylic acids is 2. The highest BCUT2D eigenvalue weighted by atomic mass is 16.6. The molecule has 0 spiro atoms. The van der Waals surface area contributed by atoms with Crippen molar-refractivity contribution in [3.05, 3.63) is 0 Å². The molecule has 0 bridgehead atoms. The van der Waals surface area contributed by atoms with Gasteiger partial charge in [0.25, 0.3) is 0 Å². The number of aliphatic hydroxyl groups excluding tert-OH is 1. The summed E-state index contributed by atoms with van der Waals surface area (Å²) in [5.74, 6) is -0.711. The Balaban J connectivity index is 2.26. The first-order chi connectivity index (χ1) is 10.9. The monoisotopic (exact) mass is 343 g/mol. The van der Waals surface area contributed by atoms with E-state index in [1.165, 1.54) is 4.90 Å². The molecule has 0 aromatic rings. The van der Waals surface area contributed by atoms with Gasteiger partial charge >= 0.3 is 12.1 Å². The fraction of sp³-hybridized carbons (Fsp3) is 0.882. The van der Waals surface area contributed by atoms with Crippen LogP contribution in [0.1, 0.15) is 48.0 Å². The van der Waals surface area contributed by atoms with Gasteiger partial charge in [0.05, 0.1) is 12.6 Å². The zero-order valence-electron chi connectivity index (χ0n) is 15.4. The molecule has 1 unspecified atom stereocenters. The molecule has 0 saturated carbocycles. The van der Waals surface area contributed by atoms with Crippen LogP contribution in [0.3, 0.4) is 0 Å². The second-order valence-electron chi connectivity index (χ2n) is 8.48. The van der Waals surface area contributed by atoms with Crippen LogP contribution in [0.15, 0.2) is 0 Å². The summed E-state index contributed by atoms with van der Waals surface area (Å²) in [6, 6.07) is -1.15. The molecule has 2 saturated heterocycles. The minimum absolute atomic E-state index is 0.122. The summed E-state index contributed by atoms with van der Waals surface area (Å²) < 4.78 is 16.3. The molecular weight excluding hydrogens is 314 g/mol. The summed E-state index contributed by atoms with van der Waals surface area (Å²) in [4.78, 5) is 26.7. The fourth-order valence-corrected chi connectivity index (χ4v) is 3.04. The predicted molar refractivity (Wildman–Crippen MR) is 86.4 cm³/mol. The normalized spacial score (nSPS) is 30.2. The molecule has 2 aliphatic rings. The third kappa shape index (κ3) is 4.60. The Bertz CT molecular complexity index is 488. The Labute approximate surface area is 143 Å². The van der Waals surface area contributed by atoms with Crippen molar-refractivity contribution < 1.29 is 28.9 Å². The molecule has 7 heteroatoms. The van der Waals surface area contributed by atoms with Crippen molar-refractivity contribution in [2.24, 2.45) is 5.92 Å². The average molecular weight is 343 g/mol. The number of hydrogen-bond acceptors (Lipinski definition) is 6. The average Bonchev–Trinajstić information content (AvgIpc) is 3.13. The van der Waals surface area contributed by atoms with Gasteiger partial charge in [0.1, 0.15) is 23.3 Å². The standard InChI is InChI=1S/C17H29NO6/c1-16(2,3)23-14(20)11-7-10(8-19)13(12-9-22-12)18(11)15(21)24-17(4,5)6/h10-13,19H,7-9H2,1-6H3/t10-,11+,12?,13+/m0/s1. The highest BCUT2D eigenvalue weighted by Gasteiger charge is 2.55. The Kier molecular flexibility index (Phi) is 5.16. The van der Waals surface area contributed by atoms with E-state index < -0.39 is 29.3 Å². The molecule has 0 aromatic carbocycles. The number of hydrogen-bond donors (Lipinski definition) is 1. The summed E-state index contributed by atoms with van der Waals surface area (Å²) in [6.07, 6.45) is -0.397. The Hall–Kier alpha value is -1.34. The van der Waals surface area contributed by atoms with Gasteiger partial charge in [0.15, 0.2) is 0 Å². The predicted octanol–water partition coefficient (Wildman–Crippen LogP) is 1.71. The van der Waals surface area contributed by atoms with Gasteiger partial charge in [-0.2, -0.15) is 0 Å². The van der Waals surface area contributed by atoms with Gasteiger partial charge in [0, 0.05) is 12.5 Å². The molecule has 0 aromatic heterocycles. The quantitative estimate of drug-likeness (QED) is 0.620. The number of carbonyl (C=O) groups is 2. The lowest BCUT2D eigenvalue weighted by Gasteiger charge is -2.33. The van der Waals surface area contributed by atoms with Gasteiger partial charge in [-0.15, -0.1) is 0 Å². The van der Waals surface area contributed by atoms with Crippen LogP contribution in [0, 0.1) is 5.92 Å². The van der Waals surface area contributed by atoms with Crippen LogP contribution in [-0.2, 0) is 19.0 Å². The van der Waals surface area contributed by atoms with E-state index in [2.05, 4.69) is 0 Å². The molecule has 2 heterocycles. The molecule has 1 N–H and O–H groups in total. The minimum Gasteiger partial charge on any atom is -0.458 e. The number of epoxide rings is 1. The van der Waals surface area contributed by atoms with Crippen LogP contribution >= 0.6 is 0 Å². The SMILES string of the molecule is CC(C)(C)OC(=O)[C@H]1C[C@@H](CO)[C@H](C2CO2)N1C(=O)OC(C)(C)C. The summed E-state index contributed by atoms with van der Waals surface area (Å²) in [6.45, 7) is 11.1. The largest absolute Gasteiger partial charge is 0.458 e. The first-order valence-electron chi connectivity index (χ1n) is 8.39. The van der Waals surface area contributed by atoms with Crippen molar-refractivity contribution in [2.75, 3.05) is 13.2 Å². The van der Waals surface area contributed by atoms with Crippen LogP contribution in [0.2, 0.25) is 0 Å². The molecule has 24 heavy (non-hydrogen) atoms. The van der Waals surface area contributed by atoms with E-state index in [-0.39, 0.29) is 24.7 Å². The molecular formula is C17H29NO6. The van der Waals surface area contributed by atoms with E-state index in [1.54, 1.807) is 41.5 Å². The van der Waals surface area contributed by atoms with Crippen molar-refractivity contribution in [1.29, 1.82) is 0 Å². The number of rotatable bonds is 3. The lowest BCUT2D eigenvalue weighted by Crippen LogP contribution is -2.51. The molecule has 7 nitrogen and oxygen atoms in total. The van der Waals surface area contributed by atoms with Crippen LogP contribution in [0.4, 0.5) is 4.79 Å². The molecule has 2 fully saturated rings. The van der Waals surface area contributed by atoms with Crippen molar-refractivity contribution in [3.8, 4) is 0 Å². The minimum atomic E-state index is -0.773. The molecule has 2 rings (SSSR count). The Morgan fingerprint density at radius 3 is 2.08 bits per heavy atom. The van der Waals surface area contributed by atoms with Crippen molar-refractivity contribution in [1.82, 2.24) is 4.90 Å². The Morgan fingerprint density at radius 2 is 1.67 bits per heavy atom. The van der Waals surface area contributed by atoms with Crippen molar-refractivity contribution in [3.63, 3.8) is 0 Å². The van der Waals surface area contributed by atoms with E-state index in [4.69, 9.17) is 14.2 Å². The topological polar surface area (TPSA) is 88.6 Å². The van der Waals surface area contributed by atoms with Gasteiger partial charge in [-0.25, -0.2) is 9.59 Å². The zero-order valence-corrected chi connectivity index (χ0v) is 15.4. The van der Waals surface area contributed by atoms with E-state index in [0.717, 1.165) is 0 Å². The second-order valence-corrected chi connectivity index (χ2v) is 8.48. The molecule has 4 atom stereocenters. The maximum absolute atomic E-state index is 12.7. The number of aliphatic hydroxyl groups is 1. The highest BCUT2D eigenvalue weighted by Crippen LogP contribution is 2.38.